The van der Waals surface area contributed by atoms with Crippen molar-refractivity contribution >= 4 is 28.2 Å². The predicted octanol–water partition coefficient (Wildman–Crippen LogP) is 7.57. The molecule has 1 saturated carbocycles. The SMILES string of the molecule is N#Cc1cncc(-c2cccc(-c3ccc(C(=O)NC4CCCCC4)cc3)c2)c1Nc1ccc2[nH]ccc2c1. The van der Waals surface area contributed by atoms with E-state index in [9.17, 15) is 10.1 Å². The summed E-state index contributed by atoms with van der Waals surface area (Å²) >= 11 is 0. The van der Waals surface area contributed by atoms with Crippen LogP contribution < -0.4 is 10.6 Å². The van der Waals surface area contributed by atoms with Gasteiger partial charge in [0.1, 0.15) is 6.07 Å². The van der Waals surface area contributed by atoms with Crippen LogP contribution in [0.2, 0.25) is 0 Å². The lowest BCUT2D eigenvalue weighted by Crippen LogP contribution is -2.36. The van der Waals surface area contributed by atoms with E-state index < -0.39 is 0 Å². The average Bonchev–Trinajstić information content (AvgIpc) is 3.46. The molecular formula is C33H29N5O. The molecule has 0 bridgehead atoms. The zero-order chi connectivity index (χ0) is 26.6. The average molecular weight is 512 g/mol. The van der Waals surface area contributed by atoms with Crippen molar-refractivity contribution in [3.8, 4) is 28.3 Å². The summed E-state index contributed by atoms with van der Waals surface area (Å²) in [6.07, 6.45) is 11.1. The van der Waals surface area contributed by atoms with Crippen molar-refractivity contribution in [2.24, 2.45) is 0 Å². The Hall–Kier alpha value is -4.89. The van der Waals surface area contributed by atoms with Gasteiger partial charge in [0.05, 0.1) is 11.3 Å². The summed E-state index contributed by atoms with van der Waals surface area (Å²) in [4.78, 5) is 20.3. The number of nitrogens with one attached hydrogen (secondary N) is 3. The lowest BCUT2D eigenvalue weighted by Gasteiger charge is -2.22. The van der Waals surface area contributed by atoms with Crippen LogP contribution in [0.1, 0.15) is 48.0 Å². The van der Waals surface area contributed by atoms with Crippen LogP contribution in [0.25, 0.3) is 33.2 Å². The van der Waals surface area contributed by atoms with E-state index in [1.54, 1.807) is 12.4 Å². The third-order valence-electron chi connectivity index (χ3n) is 7.48. The molecule has 192 valence electrons. The van der Waals surface area contributed by atoms with E-state index in [0.717, 1.165) is 51.7 Å². The zero-order valence-corrected chi connectivity index (χ0v) is 21.6. The topological polar surface area (TPSA) is 93.6 Å². The van der Waals surface area contributed by atoms with Gasteiger partial charge in [0.25, 0.3) is 5.91 Å². The number of aromatic amines is 1. The van der Waals surface area contributed by atoms with E-state index >= 15 is 0 Å². The second-order valence-electron chi connectivity index (χ2n) is 10.1. The molecule has 39 heavy (non-hydrogen) atoms. The Kier molecular flexibility index (Phi) is 6.80. The first-order valence-corrected chi connectivity index (χ1v) is 13.4. The van der Waals surface area contributed by atoms with Crippen LogP contribution in [0.15, 0.2) is 91.4 Å². The molecule has 3 N–H and O–H groups in total. The van der Waals surface area contributed by atoms with Crippen molar-refractivity contribution in [3.05, 3.63) is 103 Å². The van der Waals surface area contributed by atoms with Crippen molar-refractivity contribution < 1.29 is 4.79 Å². The van der Waals surface area contributed by atoms with Gasteiger partial charge in [0.2, 0.25) is 0 Å². The molecular weight excluding hydrogens is 482 g/mol. The molecule has 1 aliphatic rings. The monoisotopic (exact) mass is 511 g/mol. The number of amides is 1. The van der Waals surface area contributed by atoms with Gasteiger partial charge in [-0.05, 0) is 72.0 Å². The normalized spacial score (nSPS) is 13.6. The Morgan fingerprint density at radius 1 is 0.897 bits per heavy atom. The molecule has 0 spiro atoms. The second-order valence-corrected chi connectivity index (χ2v) is 10.1. The molecule has 6 heteroatoms. The van der Waals surface area contributed by atoms with Gasteiger partial charge in [-0.3, -0.25) is 9.78 Å². The first-order chi connectivity index (χ1) is 19.2. The van der Waals surface area contributed by atoms with Crippen molar-refractivity contribution in [2.45, 2.75) is 38.1 Å². The highest BCUT2D eigenvalue weighted by molar-refractivity contribution is 5.95. The third-order valence-corrected chi connectivity index (χ3v) is 7.48. The fraction of sp³-hybridized carbons (Fsp3) is 0.182. The maximum atomic E-state index is 12.8. The van der Waals surface area contributed by atoms with E-state index in [4.69, 9.17) is 0 Å². The second kappa shape index (κ2) is 10.8. The van der Waals surface area contributed by atoms with E-state index in [1.807, 2.05) is 60.8 Å². The Morgan fingerprint density at radius 3 is 2.54 bits per heavy atom. The number of carbonyl (C=O) groups excluding carboxylic acids is 1. The number of hydrogen-bond acceptors (Lipinski definition) is 4. The molecule has 5 aromatic rings. The summed E-state index contributed by atoms with van der Waals surface area (Å²) < 4.78 is 0. The molecule has 0 atom stereocenters. The van der Waals surface area contributed by atoms with Crippen molar-refractivity contribution in [2.75, 3.05) is 5.32 Å². The van der Waals surface area contributed by atoms with Crippen LogP contribution in [-0.2, 0) is 0 Å². The Bertz CT molecular complexity index is 1670. The number of aromatic nitrogens is 2. The molecule has 6 nitrogen and oxygen atoms in total. The van der Waals surface area contributed by atoms with Gasteiger partial charge in [-0.1, -0.05) is 49.6 Å². The summed E-state index contributed by atoms with van der Waals surface area (Å²) in [5, 5.41) is 17.6. The molecule has 2 heterocycles. The largest absolute Gasteiger partial charge is 0.361 e. The molecule has 1 aliphatic carbocycles. The summed E-state index contributed by atoms with van der Waals surface area (Å²) in [7, 11) is 0. The van der Waals surface area contributed by atoms with Crippen LogP contribution in [0.4, 0.5) is 11.4 Å². The van der Waals surface area contributed by atoms with Crippen molar-refractivity contribution in [3.63, 3.8) is 0 Å². The molecule has 1 amide bonds. The number of fused-ring (bicyclic) bond motifs is 1. The molecule has 0 saturated heterocycles. The fourth-order valence-electron chi connectivity index (χ4n) is 5.37. The third kappa shape index (κ3) is 5.25. The minimum Gasteiger partial charge on any atom is -0.361 e. The number of benzene rings is 3. The lowest BCUT2D eigenvalue weighted by molar-refractivity contribution is 0.0927. The number of hydrogen-bond donors (Lipinski definition) is 3. The number of nitriles is 1. The van der Waals surface area contributed by atoms with E-state index in [-0.39, 0.29) is 11.9 Å². The highest BCUT2D eigenvalue weighted by Gasteiger charge is 2.17. The maximum absolute atomic E-state index is 12.8. The highest BCUT2D eigenvalue weighted by atomic mass is 16.1. The fourth-order valence-corrected chi connectivity index (χ4v) is 5.37. The summed E-state index contributed by atoms with van der Waals surface area (Å²) in [6.45, 7) is 0. The zero-order valence-electron chi connectivity index (χ0n) is 21.6. The summed E-state index contributed by atoms with van der Waals surface area (Å²) in [5.74, 6) is -0.00450. The summed E-state index contributed by atoms with van der Waals surface area (Å²) in [6, 6.07) is 26.6. The van der Waals surface area contributed by atoms with Gasteiger partial charge < -0.3 is 15.6 Å². The Labute approximate surface area is 227 Å². The summed E-state index contributed by atoms with van der Waals surface area (Å²) in [5.41, 5.74) is 7.64. The van der Waals surface area contributed by atoms with Gasteiger partial charge in [-0.25, -0.2) is 0 Å². The van der Waals surface area contributed by atoms with E-state index in [0.29, 0.717) is 16.8 Å². The van der Waals surface area contributed by atoms with Gasteiger partial charge in [-0.2, -0.15) is 5.26 Å². The van der Waals surface area contributed by atoms with Crippen LogP contribution in [0.3, 0.4) is 0 Å². The Balaban J connectivity index is 1.27. The quantitative estimate of drug-likeness (QED) is 0.219. The van der Waals surface area contributed by atoms with Crippen LogP contribution in [0.5, 0.6) is 0 Å². The lowest BCUT2D eigenvalue weighted by atomic mass is 9.95. The van der Waals surface area contributed by atoms with E-state index in [1.165, 1.54) is 19.3 Å². The first-order valence-electron chi connectivity index (χ1n) is 13.4. The molecule has 0 aliphatic heterocycles. The van der Waals surface area contributed by atoms with Crippen LogP contribution >= 0.6 is 0 Å². The van der Waals surface area contributed by atoms with Gasteiger partial charge in [-0.15, -0.1) is 0 Å². The van der Waals surface area contributed by atoms with Gasteiger partial charge >= 0.3 is 0 Å². The molecule has 0 radical (unpaired) electrons. The number of H-pyrrole nitrogens is 1. The molecule has 6 rings (SSSR count). The standard InChI is InChI=1S/C33H29N5O/c34-19-27-20-35-21-30(32(27)37-29-13-14-31-26(18-29)15-16-36-31)25-6-4-5-24(17-25)22-9-11-23(12-10-22)33(39)38-28-7-2-1-3-8-28/h4-6,9-18,20-21,28,36H,1-3,7-8H2,(H,35,37)(H,38,39). The highest BCUT2D eigenvalue weighted by Crippen LogP contribution is 2.35. The smallest absolute Gasteiger partial charge is 0.251 e. The number of anilines is 2. The predicted molar refractivity (Wildman–Crippen MR) is 156 cm³/mol. The maximum Gasteiger partial charge on any atom is 0.251 e. The molecule has 2 aromatic heterocycles. The first kappa shape index (κ1) is 24.4. The number of pyridine rings is 1. The van der Waals surface area contributed by atoms with Gasteiger partial charge in [0, 0.05) is 52.3 Å². The molecule has 3 aromatic carbocycles. The number of carbonyl (C=O) groups is 1. The van der Waals surface area contributed by atoms with Gasteiger partial charge in [0.15, 0.2) is 0 Å². The number of rotatable bonds is 6. The van der Waals surface area contributed by atoms with Crippen LogP contribution in [0, 0.1) is 11.3 Å². The van der Waals surface area contributed by atoms with Crippen molar-refractivity contribution in [1.29, 1.82) is 5.26 Å². The molecule has 0 unspecified atom stereocenters. The van der Waals surface area contributed by atoms with Crippen LogP contribution in [-0.4, -0.2) is 21.9 Å². The minimum absolute atomic E-state index is 0.00450. The number of nitrogens with zero attached hydrogens (tertiary/aromatic N) is 2. The Morgan fingerprint density at radius 2 is 1.72 bits per heavy atom. The minimum atomic E-state index is -0.00450. The molecule has 1 fully saturated rings. The van der Waals surface area contributed by atoms with Crippen molar-refractivity contribution in [1.82, 2.24) is 15.3 Å². The van der Waals surface area contributed by atoms with E-state index in [2.05, 4.69) is 44.9 Å².